The average Bonchev–Trinajstić information content (AvgIpc) is 2.54. The van der Waals surface area contributed by atoms with Crippen molar-refractivity contribution in [3.05, 3.63) is 35.9 Å². The molecule has 0 aliphatic carbocycles. The first kappa shape index (κ1) is 16.8. The number of nitrogens with two attached hydrogens (primary N) is 1. The Morgan fingerprint density at radius 2 is 2.14 bits per heavy atom. The average molecular weight is 303 g/mol. The van der Waals surface area contributed by atoms with Crippen LogP contribution in [0.1, 0.15) is 31.7 Å². The van der Waals surface area contributed by atoms with Crippen LogP contribution in [0.5, 0.6) is 0 Å². The van der Waals surface area contributed by atoms with Crippen molar-refractivity contribution < 1.29 is 4.74 Å². The van der Waals surface area contributed by atoms with Crippen LogP contribution in [0.2, 0.25) is 0 Å². The molecule has 4 heteroatoms. The molecule has 0 spiro atoms. The third-order valence-corrected chi connectivity index (χ3v) is 4.08. The van der Waals surface area contributed by atoms with Gasteiger partial charge in [0.25, 0.3) is 0 Å². The molecule has 0 amide bonds. The fourth-order valence-electron chi connectivity index (χ4n) is 2.79. The van der Waals surface area contributed by atoms with Gasteiger partial charge in [-0.3, -0.25) is 4.99 Å². The molecular formula is C18H29N3O. The van der Waals surface area contributed by atoms with Crippen LogP contribution in [-0.4, -0.2) is 43.7 Å². The Labute approximate surface area is 134 Å². The van der Waals surface area contributed by atoms with Gasteiger partial charge in [-0.05, 0) is 37.2 Å². The summed E-state index contributed by atoms with van der Waals surface area (Å²) in [7, 11) is 0. The molecule has 2 rings (SSSR count). The molecule has 122 valence electrons. The van der Waals surface area contributed by atoms with Gasteiger partial charge in [0.1, 0.15) is 0 Å². The highest BCUT2D eigenvalue weighted by atomic mass is 16.5. The zero-order chi connectivity index (χ0) is 15.6. The highest BCUT2D eigenvalue weighted by molar-refractivity contribution is 5.78. The number of aliphatic imine (C=N–C) groups is 1. The van der Waals surface area contributed by atoms with Crippen LogP contribution < -0.4 is 5.73 Å². The molecule has 0 bridgehead atoms. The summed E-state index contributed by atoms with van der Waals surface area (Å²) in [4.78, 5) is 6.69. The van der Waals surface area contributed by atoms with E-state index < -0.39 is 0 Å². The molecule has 1 aromatic carbocycles. The molecule has 0 radical (unpaired) electrons. The molecule has 0 saturated carbocycles. The molecule has 4 nitrogen and oxygen atoms in total. The van der Waals surface area contributed by atoms with E-state index in [1.165, 1.54) is 18.4 Å². The summed E-state index contributed by atoms with van der Waals surface area (Å²) in [6, 6.07) is 10.4. The Kier molecular flexibility index (Phi) is 7.23. The molecule has 0 aromatic heterocycles. The van der Waals surface area contributed by atoms with Crippen molar-refractivity contribution in [2.24, 2.45) is 16.6 Å². The van der Waals surface area contributed by atoms with E-state index in [0.29, 0.717) is 5.96 Å². The molecule has 1 aromatic rings. The Hall–Kier alpha value is -1.55. The van der Waals surface area contributed by atoms with Crippen molar-refractivity contribution >= 4 is 5.96 Å². The zero-order valence-corrected chi connectivity index (χ0v) is 13.7. The van der Waals surface area contributed by atoms with Crippen LogP contribution in [0.4, 0.5) is 0 Å². The summed E-state index contributed by atoms with van der Waals surface area (Å²) in [5.74, 6) is 1.43. The molecule has 22 heavy (non-hydrogen) atoms. The van der Waals surface area contributed by atoms with Gasteiger partial charge in [0.05, 0.1) is 6.61 Å². The van der Waals surface area contributed by atoms with E-state index in [9.17, 15) is 0 Å². The van der Waals surface area contributed by atoms with Gasteiger partial charge in [-0.15, -0.1) is 0 Å². The minimum Gasteiger partial charge on any atom is -0.381 e. The molecule has 1 fully saturated rings. The highest BCUT2D eigenvalue weighted by Gasteiger charge is 2.17. The monoisotopic (exact) mass is 303 g/mol. The lowest BCUT2D eigenvalue weighted by atomic mass is 10.0. The Morgan fingerprint density at radius 1 is 1.32 bits per heavy atom. The number of piperidine rings is 1. The molecule has 1 aliphatic rings. The highest BCUT2D eigenvalue weighted by Crippen LogP contribution is 2.14. The number of nitrogens with zero attached hydrogens (tertiary/aromatic N) is 2. The van der Waals surface area contributed by atoms with E-state index in [2.05, 4.69) is 41.1 Å². The molecule has 2 N–H and O–H groups in total. The van der Waals surface area contributed by atoms with Crippen LogP contribution in [0.25, 0.3) is 0 Å². The van der Waals surface area contributed by atoms with Gasteiger partial charge >= 0.3 is 0 Å². The molecular weight excluding hydrogens is 274 g/mol. The summed E-state index contributed by atoms with van der Waals surface area (Å²) in [5, 5.41) is 0. The maximum atomic E-state index is 6.06. The van der Waals surface area contributed by atoms with Gasteiger partial charge in [0, 0.05) is 26.2 Å². The predicted molar refractivity (Wildman–Crippen MR) is 92.0 cm³/mol. The van der Waals surface area contributed by atoms with Crippen molar-refractivity contribution in [1.82, 2.24) is 4.90 Å². The first-order chi connectivity index (χ1) is 10.8. The minimum atomic E-state index is 0.704. The third-order valence-electron chi connectivity index (χ3n) is 4.08. The smallest absolute Gasteiger partial charge is 0.191 e. The largest absolute Gasteiger partial charge is 0.381 e. The van der Waals surface area contributed by atoms with Gasteiger partial charge in [0.2, 0.25) is 0 Å². The van der Waals surface area contributed by atoms with Crippen LogP contribution >= 0.6 is 0 Å². The van der Waals surface area contributed by atoms with E-state index >= 15 is 0 Å². The molecule has 1 saturated heterocycles. The summed E-state index contributed by atoms with van der Waals surface area (Å²) in [5.41, 5.74) is 7.39. The minimum absolute atomic E-state index is 0.704. The quantitative estimate of drug-likeness (QED) is 0.479. The van der Waals surface area contributed by atoms with Gasteiger partial charge in [-0.1, -0.05) is 37.3 Å². The van der Waals surface area contributed by atoms with E-state index in [1.54, 1.807) is 0 Å². The lowest BCUT2D eigenvalue weighted by molar-refractivity contribution is 0.136. The van der Waals surface area contributed by atoms with Gasteiger partial charge < -0.3 is 15.4 Å². The summed E-state index contributed by atoms with van der Waals surface area (Å²) >= 11 is 0. The van der Waals surface area contributed by atoms with E-state index in [0.717, 1.165) is 51.6 Å². The van der Waals surface area contributed by atoms with Gasteiger partial charge in [0.15, 0.2) is 5.96 Å². The third kappa shape index (κ3) is 6.06. The molecule has 1 atom stereocenters. The lowest BCUT2D eigenvalue weighted by Crippen LogP contribution is -2.43. The molecule has 1 heterocycles. The van der Waals surface area contributed by atoms with Crippen molar-refractivity contribution in [2.75, 3.05) is 32.8 Å². The zero-order valence-electron chi connectivity index (χ0n) is 13.7. The fraction of sp³-hybridized carbons (Fsp3) is 0.611. The van der Waals surface area contributed by atoms with Gasteiger partial charge in [-0.2, -0.15) is 0 Å². The summed E-state index contributed by atoms with van der Waals surface area (Å²) < 4.78 is 5.66. The number of benzene rings is 1. The summed E-state index contributed by atoms with van der Waals surface area (Å²) in [6.45, 7) is 6.64. The predicted octanol–water partition coefficient (Wildman–Crippen LogP) is 2.68. The van der Waals surface area contributed by atoms with Crippen LogP contribution in [0.3, 0.4) is 0 Å². The van der Waals surface area contributed by atoms with Gasteiger partial charge in [-0.25, -0.2) is 0 Å². The number of hydrogen-bond acceptors (Lipinski definition) is 2. The SMILES string of the molecule is CC1CCCN(C(N)=NCCCOCCc2ccccc2)C1. The van der Waals surface area contributed by atoms with E-state index in [4.69, 9.17) is 10.5 Å². The maximum absolute atomic E-state index is 6.06. The van der Waals surface area contributed by atoms with Crippen molar-refractivity contribution in [1.29, 1.82) is 0 Å². The van der Waals surface area contributed by atoms with E-state index in [-0.39, 0.29) is 0 Å². The first-order valence-electron chi connectivity index (χ1n) is 8.42. The van der Waals surface area contributed by atoms with Crippen molar-refractivity contribution in [2.45, 2.75) is 32.6 Å². The lowest BCUT2D eigenvalue weighted by Gasteiger charge is -2.31. The normalized spacial score (nSPS) is 19.4. The Bertz CT molecular complexity index is 447. The standard InChI is InChI=1S/C18H29N3O/c1-16-7-5-12-21(15-16)18(19)20-11-6-13-22-14-10-17-8-3-2-4-9-17/h2-4,8-9,16H,5-7,10-15H2,1H3,(H2,19,20). The van der Waals surface area contributed by atoms with E-state index in [1.807, 2.05) is 6.07 Å². The molecule has 1 aliphatic heterocycles. The second kappa shape index (κ2) is 9.46. The number of ether oxygens (including phenoxy) is 1. The number of hydrogen-bond donors (Lipinski definition) is 1. The second-order valence-electron chi connectivity index (χ2n) is 6.13. The topological polar surface area (TPSA) is 50.8 Å². The molecule has 1 unspecified atom stereocenters. The van der Waals surface area contributed by atoms with Crippen molar-refractivity contribution in [3.63, 3.8) is 0 Å². The summed E-state index contributed by atoms with van der Waals surface area (Å²) in [6.07, 6.45) is 4.43. The first-order valence-corrected chi connectivity index (χ1v) is 8.42. The fourth-order valence-corrected chi connectivity index (χ4v) is 2.79. The number of likely N-dealkylation sites (tertiary alicyclic amines) is 1. The maximum Gasteiger partial charge on any atom is 0.191 e. The second-order valence-corrected chi connectivity index (χ2v) is 6.13. The van der Waals surface area contributed by atoms with Crippen LogP contribution in [0, 0.1) is 5.92 Å². The Morgan fingerprint density at radius 3 is 2.91 bits per heavy atom. The van der Waals surface area contributed by atoms with Crippen LogP contribution in [0.15, 0.2) is 35.3 Å². The number of rotatable bonds is 7. The Balaban J connectivity index is 1.54. The number of guanidine groups is 1. The van der Waals surface area contributed by atoms with Crippen molar-refractivity contribution in [3.8, 4) is 0 Å². The van der Waals surface area contributed by atoms with Crippen LogP contribution in [-0.2, 0) is 11.2 Å².